The maximum Gasteiger partial charge on any atom is 0.266 e. The summed E-state index contributed by atoms with van der Waals surface area (Å²) in [7, 11) is 0. The Morgan fingerprint density at radius 3 is 2.62 bits per heavy atom. The van der Waals surface area contributed by atoms with Gasteiger partial charge in [0.2, 0.25) is 5.91 Å². The lowest BCUT2D eigenvalue weighted by Crippen LogP contribution is -2.42. The fourth-order valence-electron chi connectivity index (χ4n) is 3.63. The molecule has 5 heteroatoms. The fourth-order valence-corrected chi connectivity index (χ4v) is 3.63. The highest BCUT2D eigenvalue weighted by Crippen LogP contribution is 2.41. The molecule has 0 saturated heterocycles. The second-order valence-electron chi connectivity index (χ2n) is 7.05. The molecule has 2 amide bonds. The number of para-hydroxylation sites is 2. The van der Waals surface area contributed by atoms with Crippen LogP contribution in [0.3, 0.4) is 0 Å². The van der Waals surface area contributed by atoms with Gasteiger partial charge in [-0.2, -0.15) is 0 Å². The molecular weight excluding hydrogens is 328 g/mol. The van der Waals surface area contributed by atoms with Gasteiger partial charge in [-0.25, -0.2) is 0 Å². The van der Waals surface area contributed by atoms with Crippen LogP contribution in [0.25, 0.3) is 0 Å². The first-order valence-electron chi connectivity index (χ1n) is 9.07. The number of hydrogen-bond acceptors (Lipinski definition) is 3. The predicted octanol–water partition coefficient (Wildman–Crippen LogP) is 3.09. The van der Waals surface area contributed by atoms with Crippen LogP contribution in [0.15, 0.2) is 54.6 Å². The molecule has 0 radical (unpaired) electrons. The predicted molar refractivity (Wildman–Crippen MR) is 99.0 cm³/mol. The fraction of sp³-hybridized carbons (Fsp3) is 0.333. The molecule has 0 bridgehead atoms. The number of anilines is 1. The zero-order chi connectivity index (χ0) is 17.9. The molecule has 1 aliphatic heterocycles. The van der Waals surface area contributed by atoms with Gasteiger partial charge in [0.05, 0.1) is 12.1 Å². The van der Waals surface area contributed by atoms with Crippen molar-refractivity contribution in [3.63, 3.8) is 0 Å². The van der Waals surface area contributed by atoms with Crippen LogP contribution in [-0.2, 0) is 9.59 Å². The maximum absolute atomic E-state index is 12.2. The Hall–Kier alpha value is -2.82. The lowest BCUT2D eigenvalue weighted by Gasteiger charge is -2.36. The summed E-state index contributed by atoms with van der Waals surface area (Å²) in [5, 5.41) is 5.73. The van der Waals surface area contributed by atoms with Crippen molar-refractivity contribution in [2.45, 2.75) is 31.3 Å². The van der Waals surface area contributed by atoms with Crippen LogP contribution in [0.4, 0.5) is 5.69 Å². The van der Waals surface area contributed by atoms with Crippen molar-refractivity contribution in [1.29, 1.82) is 0 Å². The molecule has 134 valence electrons. The normalized spacial score (nSPS) is 23.8. The summed E-state index contributed by atoms with van der Waals surface area (Å²) in [6.45, 7) is 0.660. The SMILES string of the molecule is O=C(CC1Oc2ccccc2NC1=O)NCC1CC(c2ccccc2)C1. The first kappa shape index (κ1) is 16.6. The Bertz CT molecular complexity index is 800. The Morgan fingerprint density at radius 1 is 1.08 bits per heavy atom. The Kier molecular flexibility index (Phi) is 4.61. The molecule has 1 saturated carbocycles. The summed E-state index contributed by atoms with van der Waals surface area (Å²) in [4.78, 5) is 24.3. The molecule has 1 aliphatic carbocycles. The van der Waals surface area contributed by atoms with E-state index < -0.39 is 6.10 Å². The van der Waals surface area contributed by atoms with E-state index in [1.54, 1.807) is 12.1 Å². The van der Waals surface area contributed by atoms with Crippen LogP contribution in [0.5, 0.6) is 5.75 Å². The molecule has 2 aliphatic rings. The highest BCUT2D eigenvalue weighted by atomic mass is 16.5. The number of hydrogen-bond donors (Lipinski definition) is 2. The molecular formula is C21H22N2O3. The summed E-state index contributed by atoms with van der Waals surface area (Å²) in [6, 6.07) is 17.7. The summed E-state index contributed by atoms with van der Waals surface area (Å²) < 4.78 is 5.66. The number of amides is 2. The minimum Gasteiger partial charge on any atom is -0.478 e. The molecule has 1 atom stereocenters. The van der Waals surface area contributed by atoms with Gasteiger partial charge in [0, 0.05) is 6.54 Å². The highest BCUT2D eigenvalue weighted by molar-refractivity contribution is 5.99. The number of fused-ring (bicyclic) bond motifs is 1. The van der Waals surface area contributed by atoms with Gasteiger partial charge >= 0.3 is 0 Å². The van der Waals surface area contributed by atoms with Gasteiger partial charge < -0.3 is 15.4 Å². The highest BCUT2D eigenvalue weighted by Gasteiger charge is 2.32. The van der Waals surface area contributed by atoms with Gasteiger partial charge in [-0.1, -0.05) is 42.5 Å². The smallest absolute Gasteiger partial charge is 0.266 e. The van der Waals surface area contributed by atoms with E-state index in [-0.39, 0.29) is 18.2 Å². The molecule has 2 aromatic carbocycles. The Labute approximate surface area is 152 Å². The van der Waals surface area contributed by atoms with E-state index >= 15 is 0 Å². The van der Waals surface area contributed by atoms with Crippen molar-refractivity contribution in [3.05, 3.63) is 60.2 Å². The van der Waals surface area contributed by atoms with Crippen molar-refractivity contribution < 1.29 is 14.3 Å². The number of ether oxygens (including phenoxy) is 1. The average Bonchev–Trinajstić information content (AvgIpc) is 2.62. The lowest BCUT2D eigenvalue weighted by atomic mass is 9.71. The largest absolute Gasteiger partial charge is 0.478 e. The topological polar surface area (TPSA) is 67.4 Å². The first-order valence-corrected chi connectivity index (χ1v) is 9.07. The van der Waals surface area contributed by atoms with Gasteiger partial charge in [0.25, 0.3) is 5.91 Å². The molecule has 0 spiro atoms. The zero-order valence-electron chi connectivity index (χ0n) is 14.5. The molecule has 26 heavy (non-hydrogen) atoms. The zero-order valence-corrected chi connectivity index (χ0v) is 14.5. The Balaban J connectivity index is 1.22. The minimum atomic E-state index is -0.775. The van der Waals surface area contributed by atoms with Crippen molar-refractivity contribution in [2.75, 3.05) is 11.9 Å². The summed E-state index contributed by atoms with van der Waals surface area (Å²) in [5.41, 5.74) is 2.02. The molecule has 2 N–H and O–H groups in total. The third-order valence-corrected chi connectivity index (χ3v) is 5.17. The van der Waals surface area contributed by atoms with E-state index in [1.807, 2.05) is 18.2 Å². The summed E-state index contributed by atoms with van der Waals surface area (Å²) in [5.74, 6) is 1.29. The Morgan fingerprint density at radius 2 is 1.81 bits per heavy atom. The molecule has 1 fully saturated rings. The van der Waals surface area contributed by atoms with Crippen LogP contribution >= 0.6 is 0 Å². The van der Waals surface area contributed by atoms with Crippen LogP contribution in [0.1, 0.15) is 30.7 Å². The molecule has 5 nitrogen and oxygen atoms in total. The average molecular weight is 350 g/mol. The van der Waals surface area contributed by atoms with E-state index in [0.717, 1.165) is 12.8 Å². The monoisotopic (exact) mass is 350 g/mol. The van der Waals surface area contributed by atoms with Crippen molar-refractivity contribution in [2.24, 2.45) is 5.92 Å². The molecule has 4 rings (SSSR count). The second kappa shape index (κ2) is 7.20. The summed E-state index contributed by atoms with van der Waals surface area (Å²) in [6.07, 6.45) is 1.45. The first-order chi connectivity index (χ1) is 12.7. The van der Waals surface area contributed by atoms with Gasteiger partial charge in [-0.05, 0) is 42.4 Å². The number of carbonyl (C=O) groups is 2. The van der Waals surface area contributed by atoms with E-state index in [0.29, 0.717) is 29.8 Å². The molecule has 0 aromatic heterocycles. The van der Waals surface area contributed by atoms with E-state index in [9.17, 15) is 9.59 Å². The van der Waals surface area contributed by atoms with Gasteiger partial charge in [-0.15, -0.1) is 0 Å². The number of nitrogens with one attached hydrogen (secondary N) is 2. The second-order valence-corrected chi connectivity index (χ2v) is 7.05. The van der Waals surface area contributed by atoms with Crippen LogP contribution < -0.4 is 15.4 Å². The minimum absolute atomic E-state index is 0.0367. The maximum atomic E-state index is 12.2. The van der Waals surface area contributed by atoms with E-state index in [2.05, 4.69) is 34.9 Å². The number of carbonyl (C=O) groups excluding carboxylic acids is 2. The van der Waals surface area contributed by atoms with Gasteiger partial charge in [-0.3, -0.25) is 9.59 Å². The molecule has 1 heterocycles. The van der Waals surface area contributed by atoms with Crippen molar-refractivity contribution in [3.8, 4) is 5.75 Å². The van der Waals surface area contributed by atoms with E-state index in [1.165, 1.54) is 5.56 Å². The summed E-state index contributed by atoms with van der Waals surface area (Å²) >= 11 is 0. The quantitative estimate of drug-likeness (QED) is 0.871. The van der Waals surface area contributed by atoms with Crippen molar-refractivity contribution in [1.82, 2.24) is 5.32 Å². The van der Waals surface area contributed by atoms with Crippen LogP contribution in [0, 0.1) is 5.92 Å². The number of rotatable bonds is 5. The van der Waals surface area contributed by atoms with E-state index in [4.69, 9.17) is 4.74 Å². The standard InChI is InChI=1S/C21H22N2O3/c24-20(12-19-21(25)23-17-8-4-5-9-18(17)26-19)22-13-14-10-16(11-14)15-6-2-1-3-7-15/h1-9,14,16,19H,10-13H2,(H,22,24)(H,23,25). The van der Waals surface area contributed by atoms with Crippen LogP contribution in [0.2, 0.25) is 0 Å². The molecule has 2 aromatic rings. The van der Waals surface area contributed by atoms with Crippen molar-refractivity contribution >= 4 is 17.5 Å². The van der Waals surface area contributed by atoms with Crippen LogP contribution in [-0.4, -0.2) is 24.5 Å². The third kappa shape index (κ3) is 3.57. The third-order valence-electron chi connectivity index (χ3n) is 5.17. The van der Waals surface area contributed by atoms with Gasteiger partial charge in [0.1, 0.15) is 5.75 Å². The molecule has 1 unspecified atom stereocenters. The van der Waals surface area contributed by atoms with Gasteiger partial charge in [0.15, 0.2) is 6.10 Å². The lowest BCUT2D eigenvalue weighted by molar-refractivity contribution is -0.130. The number of benzene rings is 2.